The lowest BCUT2D eigenvalue weighted by atomic mass is 9.88. The number of rotatable bonds is 6. The second-order valence-electron chi connectivity index (χ2n) is 8.24. The second-order valence-corrected chi connectivity index (χ2v) is 8.24. The largest absolute Gasteiger partial charge is 0.462 e. The van der Waals surface area contributed by atoms with E-state index in [-0.39, 0.29) is 23.9 Å². The van der Waals surface area contributed by atoms with Gasteiger partial charge in [-0.15, -0.1) is 0 Å². The van der Waals surface area contributed by atoms with E-state index in [0.717, 1.165) is 5.56 Å². The molecule has 0 bridgehead atoms. The lowest BCUT2D eigenvalue weighted by Crippen LogP contribution is -2.40. The Hall–Kier alpha value is -4.01. The molecule has 3 aromatic rings. The first kappa shape index (κ1) is 22.2. The SMILES string of the molecule is CC1=Nc2cc(=O)n(Cc3ccccc3)n2C(c2cccc([N+](=O)[O-])c2)C1C(=O)OC(C)C. The van der Waals surface area contributed by atoms with E-state index < -0.39 is 22.9 Å². The zero-order chi connectivity index (χ0) is 23.7. The van der Waals surface area contributed by atoms with Crippen LogP contribution in [0.25, 0.3) is 0 Å². The number of carbonyl (C=O) groups is 1. The Morgan fingerprint density at radius 1 is 1.15 bits per heavy atom. The van der Waals surface area contributed by atoms with Crippen molar-refractivity contribution in [2.75, 3.05) is 0 Å². The number of carbonyl (C=O) groups excluding carboxylic acids is 1. The van der Waals surface area contributed by atoms with Gasteiger partial charge >= 0.3 is 5.97 Å². The Labute approximate surface area is 190 Å². The van der Waals surface area contributed by atoms with Gasteiger partial charge in [-0.3, -0.25) is 24.4 Å². The summed E-state index contributed by atoms with van der Waals surface area (Å²) in [5, 5.41) is 11.4. The molecular formula is C24H24N4O5. The van der Waals surface area contributed by atoms with Crippen LogP contribution in [0.2, 0.25) is 0 Å². The maximum absolute atomic E-state index is 13.2. The third kappa shape index (κ3) is 4.34. The standard InChI is InChI=1S/C24H24N4O5/c1-15(2)33-24(30)22-16(3)25-20-13-21(29)26(14-17-8-5-4-6-9-17)27(20)23(22)18-10-7-11-19(12-18)28(31)32/h4-13,15,22-23H,14H2,1-3H3. The molecule has 1 aliphatic heterocycles. The molecule has 0 radical (unpaired) electrons. The molecule has 0 aliphatic carbocycles. The van der Waals surface area contributed by atoms with Gasteiger partial charge < -0.3 is 4.74 Å². The van der Waals surface area contributed by atoms with Crippen LogP contribution in [-0.2, 0) is 16.1 Å². The van der Waals surface area contributed by atoms with Gasteiger partial charge in [0.25, 0.3) is 11.2 Å². The van der Waals surface area contributed by atoms with Crippen LogP contribution in [0.3, 0.4) is 0 Å². The van der Waals surface area contributed by atoms with Crippen LogP contribution in [0.15, 0.2) is 70.5 Å². The fourth-order valence-electron chi connectivity index (χ4n) is 4.15. The van der Waals surface area contributed by atoms with Crippen molar-refractivity contribution in [3.63, 3.8) is 0 Å². The molecule has 0 fully saturated rings. The number of ether oxygens (including phenoxy) is 1. The van der Waals surface area contributed by atoms with Crippen molar-refractivity contribution in [3.05, 3.63) is 92.3 Å². The number of nitro benzene ring substituents is 1. The summed E-state index contributed by atoms with van der Waals surface area (Å²) in [6, 6.07) is 16.2. The third-order valence-electron chi connectivity index (χ3n) is 5.53. The highest BCUT2D eigenvalue weighted by Gasteiger charge is 2.41. The van der Waals surface area contributed by atoms with E-state index in [0.29, 0.717) is 17.1 Å². The summed E-state index contributed by atoms with van der Waals surface area (Å²) < 4.78 is 8.69. The molecule has 9 nitrogen and oxygen atoms in total. The maximum Gasteiger partial charge on any atom is 0.317 e. The van der Waals surface area contributed by atoms with E-state index >= 15 is 0 Å². The van der Waals surface area contributed by atoms with E-state index in [9.17, 15) is 19.7 Å². The molecule has 0 spiro atoms. The molecule has 0 amide bonds. The van der Waals surface area contributed by atoms with Gasteiger partial charge in [0.1, 0.15) is 5.92 Å². The van der Waals surface area contributed by atoms with Crippen LogP contribution in [0.5, 0.6) is 0 Å². The highest BCUT2D eigenvalue weighted by molar-refractivity contribution is 6.03. The van der Waals surface area contributed by atoms with Crippen molar-refractivity contribution in [2.24, 2.45) is 10.9 Å². The summed E-state index contributed by atoms with van der Waals surface area (Å²) in [5.41, 5.74) is 1.51. The number of esters is 1. The molecular weight excluding hydrogens is 424 g/mol. The molecule has 0 N–H and O–H groups in total. The topological polar surface area (TPSA) is 109 Å². The number of aromatic nitrogens is 2. The van der Waals surface area contributed by atoms with Gasteiger partial charge in [0.2, 0.25) is 0 Å². The predicted octanol–water partition coefficient (Wildman–Crippen LogP) is 3.87. The lowest BCUT2D eigenvalue weighted by Gasteiger charge is -2.33. The summed E-state index contributed by atoms with van der Waals surface area (Å²) in [7, 11) is 0. The van der Waals surface area contributed by atoms with Gasteiger partial charge in [-0.05, 0) is 31.9 Å². The summed E-state index contributed by atoms with van der Waals surface area (Å²) in [6.45, 7) is 5.47. The molecule has 1 aliphatic rings. The summed E-state index contributed by atoms with van der Waals surface area (Å²) in [5.74, 6) is -0.963. The minimum Gasteiger partial charge on any atom is -0.462 e. The zero-order valence-electron chi connectivity index (χ0n) is 18.5. The normalized spacial score (nSPS) is 17.4. The van der Waals surface area contributed by atoms with Crippen molar-refractivity contribution in [2.45, 2.75) is 39.5 Å². The number of hydrogen-bond donors (Lipinski definition) is 0. The van der Waals surface area contributed by atoms with Crippen LogP contribution in [-0.4, -0.2) is 32.1 Å². The molecule has 170 valence electrons. The highest BCUT2D eigenvalue weighted by atomic mass is 16.6. The zero-order valence-corrected chi connectivity index (χ0v) is 18.5. The van der Waals surface area contributed by atoms with E-state index in [4.69, 9.17) is 4.74 Å². The smallest absolute Gasteiger partial charge is 0.317 e. The van der Waals surface area contributed by atoms with Crippen molar-refractivity contribution in [3.8, 4) is 0 Å². The molecule has 2 unspecified atom stereocenters. The van der Waals surface area contributed by atoms with Crippen molar-refractivity contribution >= 4 is 23.2 Å². The quantitative estimate of drug-likeness (QED) is 0.323. The lowest BCUT2D eigenvalue weighted by molar-refractivity contribution is -0.384. The Bertz CT molecular complexity index is 1290. The molecule has 0 saturated heterocycles. The van der Waals surface area contributed by atoms with Crippen molar-refractivity contribution < 1.29 is 14.5 Å². The number of benzene rings is 2. The fraction of sp³-hybridized carbons (Fsp3) is 0.292. The van der Waals surface area contributed by atoms with Gasteiger partial charge in [0.05, 0.1) is 23.6 Å². The fourth-order valence-corrected chi connectivity index (χ4v) is 4.15. The number of nitro groups is 1. The summed E-state index contributed by atoms with van der Waals surface area (Å²) in [4.78, 5) is 41.6. The number of fused-ring (bicyclic) bond motifs is 1. The molecule has 4 rings (SSSR count). The van der Waals surface area contributed by atoms with Crippen LogP contribution < -0.4 is 5.56 Å². The first-order valence-electron chi connectivity index (χ1n) is 10.6. The van der Waals surface area contributed by atoms with Gasteiger partial charge in [0.15, 0.2) is 5.82 Å². The molecule has 1 aromatic heterocycles. The number of non-ortho nitro benzene ring substituents is 1. The Morgan fingerprint density at radius 3 is 2.55 bits per heavy atom. The Balaban J connectivity index is 1.92. The summed E-state index contributed by atoms with van der Waals surface area (Å²) >= 11 is 0. The Kier molecular flexibility index (Phi) is 5.95. The van der Waals surface area contributed by atoms with E-state index in [1.165, 1.54) is 22.9 Å². The van der Waals surface area contributed by atoms with Gasteiger partial charge in [-0.25, -0.2) is 9.67 Å². The molecule has 0 saturated carbocycles. The van der Waals surface area contributed by atoms with E-state index in [1.54, 1.807) is 37.6 Å². The van der Waals surface area contributed by atoms with E-state index in [1.807, 2.05) is 30.3 Å². The second kappa shape index (κ2) is 8.85. The monoisotopic (exact) mass is 448 g/mol. The molecule has 2 heterocycles. The van der Waals surface area contributed by atoms with Crippen LogP contribution >= 0.6 is 0 Å². The third-order valence-corrected chi connectivity index (χ3v) is 5.53. The van der Waals surface area contributed by atoms with Crippen LogP contribution in [0, 0.1) is 16.0 Å². The van der Waals surface area contributed by atoms with E-state index in [2.05, 4.69) is 4.99 Å². The van der Waals surface area contributed by atoms with Gasteiger partial charge in [-0.2, -0.15) is 0 Å². The Morgan fingerprint density at radius 2 is 1.88 bits per heavy atom. The average Bonchev–Trinajstić information content (AvgIpc) is 3.07. The minimum absolute atomic E-state index is 0.102. The first-order chi connectivity index (χ1) is 15.8. The van der Waals surface area contributed by atoms with Crippen LogP contribution in [0.4, 0.5) is 11.5 Å². The first-order valence-corrected chi connectivity index (χ1v) is 10.6. The molecule has 9 heteroatoms. The van der Waals surface area contributed by atoms with Crippen molar-refractivity contribution in [1.29, 1.82) is 0 Å². The predicted molar refractivity (Wildman–Crippen MR) is 123 cm³/mol. The average molecular weight is 448 g/mol. The van der Waals surface area contributed by atoms with Gasteiger partial charge in [0, 0.05) is 23.9 Å². The number of nitrogens with zero attached hydrogens (tertiary/aromatic N) is 4. The number of hydrogen-bond acceptors (Lipinski definition) is 6. The minimum atomic E-state index is -0.851. The number of aliphatic imine (C=N–C) groups is 1. The molecule has 2 atom stereocenters. The summed E-state index contributed by atoms with van der Waals surface area (Å²) in [6.07, 6.45) is -0.353. The molecule has 33 heavy (non-hydrogen) atoms. The van der Waals surface area contributed by atoms with Crippen molar-refractivity contribution in [1.82, 2.24) is 9.36 Å². The van der Waals surface area contributed by atoms with Gasteiger partial charge in [-0.1, -0.05) is 42.5 Å². The highest BCUT2D eigenvalue weighted by Crippen LogP contribution is 2.38. The molecule has 2 aromatic carbocycles. The van der Waals surface area contributed by atoms with Crippen LogP contribution in [0.1, 0.15) is 37.9 Å². The maximum atomic E-state index is 13.2.